The molecule has 2 amide bonds. The number of nitrogens with zero attached hydrogens (tertiary/aromatic N) is 2. The molecule has 30 heavy (non-hydrogen) atoms. The first-order chi connectivity index (χ1) is 14.7. The Morgan fingerprint density at radius 3 is 2.80 bits per heavy atom. The lowest BCUT2D eigenvalue weighted by Gasteiger charge is -2.56. The molecule has 4 rings (SSSR count). The van der Waals surface area contributed by atoms with Gasteiger partial charge in [0.1, 0.15) is 6.04 Å². The van der Waals surface area contributed by atoms with E-state index in [9.17, 15) is 9.59 Å². The fraction of sp³-hybridized carbons (Fsp3) is 0.667. The van der Waals surface area contributed by atoms with Crippen LogP contribution in [0.1, 0.15) is 37.7 Å². The van der Waals surface area contributed by atoms with Gasteiger partial charge in [0.05, 0.1) is 6.61 Å². The number of piperidine rings is 3. The average molecular weight is 414 g/mol. The number of methoxy groups -OCH3 is 1. The van der Waals surface area contributed by atoms with Crippen molar-refractivity contribution >= 4 is 11.8 Å². The van der Waals surface area contributed by atoms with Crippen LogP contribution in [0.3, 0.4) is 0 Å². The maximum Gasteiger partial charge on any atom is 0.243 e. The van der Waals surface area contributed by atoms with E-state index in [1.807, 2.05) is 4.90 Å². The van der Waals surface area contributed by atoms with Crippen molar-refractivity contribution in [2.24, 2.45) is 11.8 Å². The normalized spacial score (nSPS) is 28.8. The standard InChI is InChI=1S/C24H35N3O3/c1-30-14-12-25-24(29)23-20-15-19(21-10-5-11-22(28)27(21)23)16-26(17-20)13-6-9-18-7-3-2-4-8-18/h2-4,7-8,19-21,23H,5-6,9-17H2,1H3,(H,25,29)/t19-,20+,21+,23-/m1/s1. The minimum absolute atomic E-state index is 0.00175. The highest BCUT2D eigenvalue weighted by atomic mass is 16.5. The number of carbonyl (C=O) groups is 2. The minimum atomic E-state index is -0.326. The lowest BCUT2D eigenvalue weighted by atomic mass is 9.71. The fourth-order valence-corrected chi connectivity index (χ4v) is 5.81. The summed E-state index contributed by atoms with van der Waals surface area (Å²) in [6.45, 7) is 4.01. The van der Waals surface area contributed by atoms with Crippen molar-refractivity contribution in [3.63, 3.8) is 0 Å². The summed E-state index contributed by atoms with van der Waals surface area (Å²) < 4.78 is 5.08. The van der Waals surface area contributed by atoms with E-state index in [0.717, 1.165) is 51.7 Å². The molecule has 3 heterocycles. The smallest absolute Gasteiger partial charge is 0.243 e. The summed E-state index contributed by atoms with van der Waals surface area (Å²) in [5.41, 5.74) is 1.38. The van der Waals surface area contributed by atoms with Crippen LogP contribution in [-0.4, -0.2) is 73.6 Å². The van der Waals surface area contributed by atoms with Crippen LogP contribution in [0.5, 0.6) is 0 Å². The SMILES string of the molecule is COCCNC(=O)[C@H]1[C@H]2C[C@H](CN(CCCc3ccccc3)C2)[C@@H]2CCCC(=O)N21. The Hall–Kier alpha value is -1.92. The van der Waals surface area contributed by atoms with E-state index in [2.05, 4.69) is 40.5 Å². The lowest BCUT2D eigenvalue weighted by Crippen LogP contribution is -2.68. The van der Waals surface area contributed by atoms with Crippen molar-refractivity contribution in [3.05, 3.63) is 35.9 Å². The van der Waals surface area contributed by atoms with E-state index in [0.29, 0.717) is 25.5 Å². The second-order valence-electron chi connectivity index (χ2n) is 9.09. The van der Waals surface area contributed by atoms with Crippen LogP contribution in [0.25, 0.3) is 0 Å². The summed E-state index contributed by atoms with van der Waals surface area (Å²) in [4.78, 5) is 30.4. The Morgan fingerprint density at radius 2 is 2.00 bits per heavy atom. The third kappa shape index (κ3) is 4.70. The van der Waals surface area contributed by atoms with Crippen LogP contribution in [-0.2, 0) is 20.7 Å². The van der Waals surface area contributed by atoms with Gasteiger partial charge in [-0.05, 0) is 50.1 Å². The first kappa shape index (κ1) is 21.3. The molecule has 1 aromatic carbocycles. The number of amides is 2. The van der Waals surface area contributed by atoms with Gasteiger partial charge >= 0.3 is 0 Å². The van der Waals surface area contributed by atoms with Gasteiger partial charge in [-0.25, -0.2) is 0 Å². The molecular weight excluding hydrogens is 378 g/mol. The van der Waals surface area contributed by atoms with Crippen molar-refractivity contribution in [1.82, 2.24) is 15.1 Å². The lowest BCUT2D eigenvalue weighted by molar-refractivity contribution is -0.160. The number of carbonyl (C=O) groups excluding carboxylic acids is 2. The Balaban J connectivity index is 1.42. The van der Waals surface area contributed by atoms with Crippen LogP contribution in [0, 0.1) is 11.8 Å². The maximum absolute atomic E-state index is 13.1. The van der Waals surface area contributed by atoms with Crippen molar-refractivity contribution in [3.8, 4) is 0 Å². The van der Waals surface area contributed by atoms with Crippen LogP contribution in [0.15, 0.2) is 30.3 Å². The zero-order valence-corrected chi connectivity index (χ0v) is 18.1. The number of benzene rings is 1. The number of fused-ring (bicyclic) bond motifs is 4. The summed E-state index contributed by atoms with van der Waals surface area (Å²) in [5.74, 6) is 0.890. The van der Waals surface area contributed by atoms with Crippen LogP contribution < -0.4 is 5.32 Å². The number of hydrogen-bond donors (Lipinski definition) is 1. The average Bonchev–Trinajstić information content (AvgIpc) is 2.75. The Labute approximate surface area is 179 Å². The highest BCUT2D eigenvalue weighted by molar-refractivity contribution is 5.89. The number of likely N-dealkylation sites (tertiary alicyclic amines) is 1. The Kier molecular flexibility index (Phi) is 7.05. The monoisotopic (exact) mass is 413 g/mol. The molecule has 6 nitrogen and oxygen atoms in total. The summed E-state index contributed by atoms with van der Waals surface area (Å²) in [5, 5.41) is 3.01. The molecule has 0 radical (unpaired) electrons. The molecule has 0 aromatic heterocycles. The number of ether oxygens (including phenoxy) is 1. The molecule has 3 saturated heterocycles. The molecule has 0 unspecified atom stereocenters. The van der Waals surface area contributed by atoms with Gasteiger partial charge < -0.3 is 19.9 Å². The summed E-state index contributed by atoms with van der Waals surface area (Å²) >= 11 is 0. The van der Waals surface area contributed by atoms with E-state index in [1.54, 1.807) is 7.11 Å². The molecule has 3 fully saturated rings. The number of hydrogen-bond acceptors (Lipinski definition) is 4. The molecule has 0 spiro atoms. The van der Waals surface area contributed by atoms with E-state index in [1.165, 1.54) is 5.56 Å². The minimum Gasteiger partial charge on any atom is -0.383 e. The molecular formula is C24H35N3O3. The third-order valence-electron chi connectivity index (χ3n) is 7.07. The number of aryl methyl sites for hydroxylation is 1. The molecule has 3 aliphatic heterocycles. The zero-order valence-electron chi connectivity index (χ0n) is 18.1. The molecule has 164 valence electrons. The number of nitrogens with one attached hydrogen (secondary N) is 1. The van der Waals surface area contributed by atoms with Crippen LogP contribution in [0.2, 0.25) is 0 Å². The van der Waals surface area contributed by atoms with Gasteiger partial charge in [0.25, 0.3) is 0 Å². The third-order valence-corrected chi connectivity index (χ3v) is 7.07. The highest BCUT2D eigenvalue weighted by Crippen LogP contribution is 2.41. The second-order valence-corrected chi connectivity index (χ2v) is 9.09. The van der Waals surface area contributed by atoms with E-state index < -0.39 is 0 Å². The predicted molar refractivity (Wildman–Crippen MR) is 116 cm³/mol. The van der Waals surface area contributed by atoms with Gasteiger partial charge in [0.2, 0.25) is 11.8 Å². The quantitative estimate of drug-likeness (QED) is 0.663. The Bertz CT molecular complexity index is 726. The van der Waals surface area contributed by atoms with Gasteiger partial charge in [0.15, 0.2) is 0 Å². The van der Waals surface area contributed by atoms with E-state index >= 15 is 0 Å². The van der Waals surface area contributed by atoms with Gasteiger partial charge in [0, 0.05) is 45.1 Å². The van der Waals surface area contributed by atoms with Crippen LogP contribution in [0.4, 0.5) is 0 Å². The largest absolute Gasteiger partial charge is 0.383 e. The Morgan fingerprint density at radius 1 is 1.20 bits per heavy atom. The molecule has 1 N–H and O–H groups in total. The van der Waals surface area contributed by atoms with Crippen molar-refractivity contribution in [2.75, 3.05) is 39.9 Å². The first-order valence-corrected chi connectivity index (χ1v) is 11.5. The molecule has 4 atom stereocenters. The van der Waals surface area contributed by atoms with Gasteiger partial charge in [-0.3, -0.25) is 9.59 Å². The van der Waals surface area contributed by atoms with Crippen molar-refractivity contribution < 1.29 is 14.3 Å². The maximum atomic E-state index is 13.1. The summed E-state index contributed by atoms with van der Waals surface area (Å²) in [6.07, 6.45) is 5.84. The van der Waals surface area contributed by atoms with E-state index in [4.69, 9.17) is 4.74 Å². The summed E-state index contributed by atoms with van der Waals surface area (Å²) in [6, 6.07) is 10.5. The number of rotatable bonds is 8. The fourth-order valence-electron chi connectivity index (χ4n) is 5.81. The second kappa shape index (κ2) is 9.92. The molecule has 6 heteroatoms. The molecule has 0 aliphatic carbocycles. The van der Waals surface area contributed by atoms with Gasteiger partial charge in [-0.15, -0.1) is 0 Å². The molecule has 2 bridgehead atoms. The zero-order chi connectivity index (χ0) is 20.9. The van der Waals surface area contributed by atoms with E-state index in [-0.39, 0.29) is 29.8 Å². The molecule has 0 saturated carbocycles. The van der Waals surface area contributed by atoms with Gasteiger partial charge in [-0.1, -0.05) is 30.3 Å². The summed E-state index contributed by atoms with van der Waals surface area (Å²) in [7, 11) is 1.63. The highest BCUT2D eigenvalue weighted by Gasteiger charge is 2.51. The van der Waals surface area contributed by atoms with Crippen LogP contribution >= 0.6 is 0 Å². The first-order valence-electron chi connectivity index (χ1n) is 11.5. The molecule has 3 aliphatic rings. The van der Waals surface area contributed by atoms with Crippen molar-refractivity contribution in [1.29, 1.82) is 0 Å². The van der Waals surface area contributed by atoms with Crippen molar-refractivity contribution in [2.45, 2.75) is 50.6 Å². The topological polar surface area (TPSA) is 61.9 Å². The molecule has 1 aromatic rings. The van der Waals surface area contributed by atoms with Gasteiger partial charge in [-0.2, -0.15) is 0 Å². The predicted octanol–water partition coefficient (Wildman–Crippen LogP) is 2.08.